The number of benzene rings is 1. The minimum Gasteiger partial charge on any atom is -0.479 e. The fourth-order valence-corrected chi connectivity index (χ4v) is 1.16. The van der Waals surface area contributed by atoms with Gasteiger partial charge in [0.05, 0.1) is 0 Å². The van der Waals surface area contributed by atoms with Crippen molar-refractivity contribution in [2.24, 2.45) is 0 Å². The van der Waals surface area contributed by atoms with Gasteiger partial charge in [-0.3, -0.25) is 0 Å². The van der Waals surface area contributed by atoms with Crippen LogP contribution in [0.15, 0.2) is 24.3 Å². The molecule has 0 unspecified atom stereocenters. The fourth-order valence-electron chi connectivity index (χ4n) is 0.790. The molecule has 0 heterocycles. The van der Waals surface area contributed by atoms with Crippen molar-refractivity contribution >= 4 is 15.9 Å². The highest BCUT2D eigenvalue weighted by Gasteiger charge is 1.92. The summed E-state index contributed by atoms with van der Waals surface area (Å²) in [6.07, 6.45) is 0. The molecular weight excluding hydrogens is 218 g/mol. The van der Waals surface area contributed by atoms with E-state index in [1.54, 1.807) is 0 Å². The SMILES string of the molecule is N#CCOc1ccc(CBr)cc1. The summed E-state index contributed by atoms with van der Waals surface area (Å²) >= 11 is 3.34. The van der Waals surface area contributed by atoms with Gasteiger partial charge in [0, 0.05) is 5.33 Å². The summed E-state index contributed by atoms with van der Waals surface area (Å²) in [6.45, 7) is 0.105. The maximum Gasteiger partial charge on any atom is 0.174 e. The van der Waals surface area contributed by atoms with Crippen LogP contribution in [0.3, 0.4) is 0 Å². The molecule has 2 nitrogen and oxygen atoms in total. The topological polar surface area (TPSA) is 33.0 Å². The summed E-state index contributed by atoms with van der Waals surface area (Å²) in [5.41, 5.74) is 1.19. The third-order valence-electron chi connectivity index (χ3n) is 1.38. The number of hydrogen-bond acceptors (Lipinski definition) is 2. The van der Waals surface area contributed by atoms with E-state index in [4.69, 9.17) is 10.00 Å². The van der Waals surface area contributed by atoms with E-state index in [1.165, 1.54) is 5.56 Å². The number of hydrogen-bond donors (Lipinski definition) is 0. The van der Waals surface area contributed by atoms with Crippen molar-refractivity contribution in [3.05, 3.63) is 29.8 Å². The maximum atomic E-state index is 8.25. The van der Waals surface area contributed by atoms with Crippen LogP contribution in [0.1, 0.15) is 5.56 Å². The molecule has 1 rings (SSSR count). The molecule has 3 heteroatoms. The second kappa shape index (κ2) is 4.78. The molecule has 0 atom stereocenters. The number of nitrogens with zero attached hydrogens (tertiary/aromatic N) is 1. The first kappa shape index (κ1) is 9.08. The van der Waals surface area contributed by atoms with Crippen LogP contribution in [0.25, 0.3) is 0 Å². The minimum atomic E-state index is 0.105. The Morgan fingerprint density at radius 3 is 2.50 bits per heavy atom. The predicted molar refractivity (Wildman–Crippen MR) is 50.2 cm³/mol. The first-order valence-corrected chi connectivity index (χ1v) is 4.63. The number of alkyl halides is 1. The summed E-state index contributed by atoms with van der Waals surface area (Å²) in [7, 11) is 0. The Morgan fingerprint density at radius 1 is 1.33 bits per heavy atom. The molecule has 0 aliphatic heterocycles. The van der Waals surface area contributed by atoms with E-state index in [9.17, 15) is 0 Å². The van der Waals surface area contributed by atoms with Crippen molar-refractivity contribution in [2.45, 2.75) is 5.33 Å². The first-order chi connectivity index (χ1) is 5.86. The highest BCUT2D eigenvalue weighted by Crippen LogP contribution is 2.13. The molecule has 0 N–H and O–H groups in total. The average molecular weight is 226 g/mol. The lowest BCUT2D eigenvalue weighted by molar-refractivity contribution is 0.368. The molecule has 0 radical (unpaired) electrons. The van der Waals surface area contributed by atoms with Crippen molar-refractivity contribution in [2.75, 3.05) is 6.61 Å². The van der Waals surface area contributed by atoms with E-state index in [2.05, 4.69) is 15.9 Å². The van der Waals surface area contributed by atoms with Gasteiger partial charge in [-0.15, -0.1) is 0 Å². The molecule has 62 valence electrons. The van der Waals surface area contributed by atoms with Gasteiger partial charge in [-0.2, -0.15) is 5.26 Å². The summed E-state index contributed by atoms with van der Waals surface area (Å²) in [5.74, 6) is 0.737. The van der Waals surface area contributed by atoms with Crippen molar-refractivity contribution in [1.82, 2.24) is 0 Å². The average Bonchev–Trinajstić information content (AvgIpc) is 2.15. The largest absolute Gasteiger partial charge is 0.479 e. The van der Waals surface area contributed by atoms with Gasteiger partial charge in [0.2, 0.25) is 0 Å². The third-order valence-corrected chi connectivity index (χ3v) is 2.03. The first-order valence-electron chi connectivity index (χ1n) is 3.51. The number of nitriles is 1. The Morgan fingerprint density at radius 2 is 2.00 bits per heavy atom. The van der Waals surface area contributed by atoms with Crippen LogP contribution >= 0.6 is 15.9 Å². The number of ether oxygens (including phenoxy) is 1. The molecule has 0 aliphatic rings. The monoisotopic (exact) mass is 225 g/mol. The van der Waals surface area contributed by atoms with Gasteiger partial charge in [0.25, 0.3) is 0 Å². The quantitative estimate of drug-likeness (QED) is 0.741. The predicted octanol–water partition coefficient (Wildman–Crippen LogP) is 2.48. The zero-order chi connectivity index (χ0) is 8.81. The fraction of sp³-hybridized carbons (Fsp3) is 0.222. The lowest BCUT2D eigenvalue weighted by Gasteiger charge is -2.01. The Labute approximate surface area is 79.9 Å². The Hall–Kier alpha value is -1.01. The lowest BCUT2D eigenvalue weighted by atomic mass is 10.2. The van der Waals surface area contributed by atoms with Crippen LogP contribution in [0, 0.1) is 11.3 Å². The van der Waals surface area contributed by atoms with Crippen LogP contribution in [-0.4, -0.2) is 6.61 Å². The van der Waals surface area contributed by atoms with Crippen molar-refractivity contribution in [1.29, 1.82) is 5.26 Å². The number of halogens is 1. The van der Waals surface area contributed by atoms with E-state index in [0.29, 0.717) is 0 Å². The lowest BCUT2D eigenvalue weighted by Crippen LogP contribution is -1.92. The summed E-state index contributed by atoms with van der Waals surface area (Å²) < 4.78 is 5.08. The highest BCUT2D eigenvalue weighted by molar-refractivity contribution is 9.08. The van der Waals surface area contributed by atoms with E-state index in [1.807, 2.05) is 30.3 Å². The maximum absolute atomic E-state index is 8.25. The van der Waals surface area contributed by atoms with Gasteiger partial charge in [0.15, 0.2) is 6.61 Å². The van der Waals surface area contributed by atoms with Gasteiger partial charge < -0.3 is 4.74 Å². The summed E-state index contributed by atoms with van der Waals surface area (Å²) in [5, 5.41) is 9.08. The second-order valence-electron chi connectivity index (χ2n) is 2.22. The van der Waals surface area contributed by atoms with E-state index in [0.717, 1.165) is 11.1 Å². The van der Waals surface area contributed by atoms with Crippen molar-refractivity contribution in [3.63, 3.8) is 0 Å². The summed E-state index contributed by atoms with van der Waals surface area (Å²) in [4.78, 5) is 0. The standard InChI is InChI=1S/C9H8BrNO/c10-7-8-1-3-9(4-2-8)12-6-5-11/h1-4H,6-7H2. The molecule has 0 saturated heterocycles. The van der Waals surface area contributed by atoms with Crippen molar-refractivity contribution < 1.29 is 4.74 Å². The van der Waals surface area contributed by atoms with Gasteiger partial charge in [-0.05, 0) is 17.7 Å². The van der Waals surface area contributed by atoms with Crippen LogP contribution < -0.4 is 4.74 Å². The highest BCUT2D eigenvalue weighted by atomic mass is 79.9. The van der Waals surface area contributed by atoms with Crippen LogP contribution in [0.5, 0.6) is 5.75 Å². The smallest absolute Gasteiger partial charge is 0.174 e. The number of rotatable bonds is 3. The molecule has 0 saturated carbocycles. The Kier molecular flexibility index (Phi) is 3.62. The van der Waals surface area contributed by atoms with Gasteiger partial charge in [-0.25, -0.2) is 0 Å². The van der Waals surface area contributed by atoms with Crippen LogP contribution in [0.2, 0.25) is 0 Å². The molecule has 0 spiro atoms. The molecule has 1 aromatic carbocycles. The van der Waals surface area contributed by atoms with Crippen LogP contribution in [-0.2, 0) is 5.33 Å². The molecule has 0 aliphatic carbocycles. The molecule has 0 amide bonds. The van der Waals surface area contributed by atoms with Gasteiger partial charge >= 0.3 is 0 Å². The summed E-state index contributed by atoms with van der Waals surface area (Å²) in [6, 6.07) is 9.54. The van der Waals surface area contributed by atoms with E-state index < -0.39 is 0 Å². The molecule has 0 aromatic heterocycles. The third kappa shape index (κ3) is 2.55. The minimum absolute atomic E-state index is 0.105. The molecular formula is C9H8BrNO. The van der Waals surface area contributed by atoms with E-state index in [-0.39, 0.29) is 6.61 Å². The second-order valence-corrected chi connectivity index (χ2v) is 2.79. The molecule has 0 bridgehead atoms. The molecule has 1 aromatic rings. The van der Waals surface area contributed by atoms with E-state index >= 15 is 0 Å². The van der Waals surface area contributed by atoms with Crippen LogP contribution in [0.4, 0.5) is 0 Å². The zero-order valence-corrected chi connectivity index (χ0v) is 8.04. The zero-order valence-electron chi connectivity index (χ0n) is 6.46. The Balaban J connectivity index is 2.60. The Bertz CT molecular complexity index is 276. The molecule has 0 fully saturated rings. The normalized spacial score (nSPS) is 9.00. The molecule has 12 heavy (non-hydrogen) atoms. The van der Waals surface area contributed by atoms with Crippen molar-refractivity contribution in [3.8, 4) is 11.8 Å². The van der Waals surface area contributed by atoms with Gasteiger partial charge in [0.1, 0.15) is 11.8 Å². The van der Waals surface area contributed by atoms with Gasteiger partial charge in [-0.1, -0.05) is 28.1 Å².